The average molecular weight is 274 g/mol. The number of hydrogen-bond acceptors (Lipinski definition) is 3. The molecule has 0 aliphatic carbocycles. The first kappa shape index (κ1) is 13.6. The number of benzene rings is 1. The van der Waals surface area contributed by atoms with Crippen molar-refractivity contribution in [3.05, 3.63) is 29.8 Å². The van der Waals surface area contributed by atoms with Crippen molar-refractivity contribution in [1.82, 2.24) is 5.32 Å². The zero-order chi connectivity index (χ0) is 13.8. The highest BCUT2D eigenvalue weighted by Gasteiger charge is 2.21. The minimum Gasteiger partial charge on any atom is -0.381 e. The van der Waals surface area contributed by atoms with Crippen LogP contribution >= 0.6 is 0 Å². The molecule has 1 atom stereocenters. The van der Waals surface area contributed by atoms with Gasteiger partial charge in [0.1, 0.15) is 0 Å². The normalized spacial score (nSPS) is 22.7. The fraction of sp³-hybridized carbons (Fsp3) is 0.562. The van der Waals surface area contributed by atoms with Gasteiger partial charge < -0.3 is 15.0 Å². The highest BCUT2D eigenvalue weighted by molar-refractivity contribution is 5.95. The third-order valence-corrected chi connectivity index (χ3v) is 4.11. The van der Waals surface area contributed by atoms with E-state index in [0.29, 0.717) is 12.3 Å². The summed E-state index contributed by atoms with van der Waals surface area (Å²) >= 11 is 0. The Bertz CT molecular complexity index is 452. The summed E-state index contributed by atoms with van der Waals surface area (Å²) in [4.78, 5) is 13.6. The molecule has 1 amide bonds. The smallest absolute Gasteiger partial charge is 0.227 e. The van der Waals surface area contributed by atoms with E-state index in [9.17, 15) is 4.79 Å². The molecule has 2 aliphatic heterocycles. The third kappa shape index (κ3) is 3.19. The number of hydrogen-bond donors (Lipinski definition) is 1. The Morgan fingerprint density at radius 2 is 2.15 bits per heavy atom. The van der Waals surface area contributed by atoms with Gasteiger partial charge in [-0.25, -0.2) is 0 Å². The maximum Gasteiger partial charge on any atom is 0.227 e. The van der Waals surface area contributed by atoms with E-state index in [-0.39, 0.29) is 5.91 Å². The lowest BCUT2D eigenvalue weighted by Crippen LogP contribution is -2.24. The van der Waals surface area contributed by atoms with Crippen LogP contribution in [0.4, 0.5) is 5.69 Å². The Morgan fingerprint density at radius 1 is 1.30 bits per heavy atom. The van der Waals surface area contributed by atoms with Crippen LogP contribution in [-0.2, 0) is 16.1 Å². The highest BCUT2D eigenvalue weighted by Crippen LogP contribution is 2.21. The summed E-state index contributed by atoms with van der Waals surface area (Å²) in [5.74, 6) is 0.911. The lowest BCUT2D eigenvalue weighted by Gasteiger charge is -2.16. The number of anilines is 1. The van der Waals surface area contributed by atoms with Gasteiger partial charge in [-0.3, -0.25) is 4.79 Å². The van der Waals surface area contributed by atoms with E-state index in [0.717, 1.165) is 45.0 Å². The molecule has 3 rings (SSSR count). The van der Waals surface area contributed by atoms with E-state index in [1.807, 2.05) is 4.90 Å². The SMILES string of the molecule is O=C1CCCN1c1ccc(CNCC2CCOC2)cc1. The molecular weight excluding hydrogens is 252 g/mol. The number of carbonyl (C=O) groups is 1. The summed E-state index contributed by atoms with van der Waals surface area (Å²) in [6.07, 6.45) is 2.83. The molecule has 2 aliphatic rings. The summed E-state index contributed by atoms with van der Waals surface area (Å²) < 4.78 is 5.37. The van der Waals surface area contributed by atoms with Crippen LogP contribution in [0.15, 0.2) is 24.3 Å². The van der Waals surface area contributed by atoms with Gasteiger partial charge in [-0.15, -0.1) is 0 Å². The Kier molecular flexibility index (Phi) is 4.33. The zero-order valence-corrected chi connectivity index (χ0v) is 11.8. The van der Waals surface area contributed by atoms with E-state index in [2.05, 4.69) is 29.6 Å². The van der Waals surface area contributed by atoms with E-state index >= 15 is 0 Å². The van der Waals surface area contributed by atoms with Gasteiger partial charge in [0.25, 0.3) is 0 Å². The molecule has 0 saturated carbocycles. The largest absolute Gasteiger partial charge is 0.381 e. The summed E-state index contributed by atoms with van der Waals surface area (Å²) in [5.41, 5.74) is 2.29. The quantitative estimate of drug-likeness (QED) is 0.892. The number of nitrogens with zero attached hydrogens (tertiary/aromatic N) is 1. The van der Waals surface area contributed by atoms with Gasteiger partial charge in [-0.05, 0) is 36.5 Å². The molecule has 0 radical (unpaired) electrons. The van der Waals surface area contributed by atoms with Gasteiger partial charge in [0, 0.05) is 38.3 Å². The summed E-state index contributed by atoms with van der Waals surface area (Å²) in [7, 11) is 0. The summed E-state index contributed by atoms with van der Waals surface area (Å²) in [6.45, 7) is 4.56. The molecule has 2 fully saturated rings. The zero-order valence-electron chi connectivity index (χ0n) is 11.8. The van der Waals surface area contributed by atoms with E-state index in [1.54, 1.807) is 0 Å². The maximum absolute atomic E-state index is 11.7. The molecule has 0 bridgehead atoms. The van der Waals surface area contributed by atoms with Crippen molar-refractivity contribution in [3.8, 4) is 0 Å². The molecule has 2 heterocycles. The van der Waals surface area contributed by atoms with Gasteiger partial charge in [0.2, 0.25) is 5.91 Å². The van der Waals surface area contributed by atoms with Crippen LogP contribution in [-0.4, -0.2) is 32.2 Å². The fourth-order valence-corrected chi connectivity index (χ4v) is 2.88. The maximum atomic E-state index is 11.7. The number of amides is 1. The highest BCUT2D eigenvalue weighted by atomic mass is 16.5. The Balaban J connectivity index is 1.49. The van der Waals surface area contributed by atoms with E-state index in [4.69, 9.17) is 4.74 Å². The molecule has 1 aromatic rings. The van der Waals surface area contributed by atoms with Gasteiger partial charge in [-0.1, -0.05) is 12.1 Å². The van der Waals surface area contributed by atoms with Gasteiger partial charge in [-0.2, -0.15) is 0 Å². The van der Waals surface area contributed by atoms with Crippen LogP contribution in [0.1, 0.15) is 24.8 Å². The van der Waals surface area contributed by atoms with Crippen LogP contribution in [0.25, 0.3) is 0 Å². The van der Waals surface area contributed by atoms with Crippen molar-refractivity contribution in [2.24, 2.45) is 5.92 Å². The minimum absolute atomic E-state index is 0.247. The number of rotatable bonds is 5. The monoisotopic (exact) mass is 274 g/mol. The van der Waals surface area contributed by atoms with Crippen molar-refractivity contribution in [3.63, 3.8) is 0 Å². The lowest BCUT2D eigenvalue weighted by molar-refractivity contribution is -0.117. The fourth-order valence-electron chi connectivity index (χ4n) is 2.88. The Hall–Kier alpha value is -1.39. The lowest BCUT2D eigenvalue weighted by atomic mass is 10.1. The predicted molar refractivity (Wildman–Crippen MR) is 78.7 cm³/mol. The van der Waals surface area contributed by atoms with Crippen LogP contribution in [0.3, 0.4) is 0 Å². The third-order valence-electron chi connectivity index (χ3n) is 4.11. The summed E-state index contributed by atoms with van der Waals surface area (Å²) in [6, 6.07) is 8.33. The molecule has 4 nitrogen and oxygen atoms in total. The molecule has 2 saturated heterocycles. The molecule has 0 spiro atoms. The van der Waals surface area contributed by atoms with Crippen molar-refractivity contribution < 1.29 is 9.53 Å². The van der Waals surface area contributed by atoms with Crippen molar-refractivity contribution in [2.75, 3.05) is 31.2 Å². The van der Waals surface area contributed by atoms with Crippen LogP contribution in [0.5, 0.6) is 0 Å². The predicted octanol–water partition coefficient (Wildman–Crippen LogP) is 1.94. The second-order valence-corrected chi connectivity index (χ2v) is 5.68. The first-order chi connectivity index (χ1) is 9.83. The van der Waals surface area contributed by atoms with Crippen LogP contribution in [0, 0.1) is 5.92 Å². The Labute approximate surface area is 120 Å². The standard InChI is InChI=1S/C16H22N2O2/c19-16-2-1-8-18(16)15-5-3-13(4-6-15)10-17-11-14-7-9-20-12-14/h3-6,14,17H,1-2,7-12H2. The van der Waals surface area contributed by atoms with Crippen molar-refractivity contribution >= 4 is 11.6 Å². The molecule has 4 heteroatoms. The first-order valence-electron chi connectivity index (χ1n) is 7.51. The van der Waals surface area contributed by atoms with Crippen LogP contribution < -0.4 is 10.2 Å². The average Bonchev–Trinajstić information content (AvgIpc) is 3.11. The molecule has 0 aromatic heterocycles. The van der Waals surface area contributed by atoms with E-state index < -0.39 is 0 Å². The number of carbonyl (C=O) groups excluding carboxylic acids is 1. The first-order valence-corrected chi connectivity index (χ1v) is 7.51. The topological polar surface area (TPSA) is 41.6 Å². The van der Waals surface area contributed by atoms with Crippen molar-refractivity contribution in [2.45, 2.75) is 25.8 Å². The van der Waals surface area contributed by atoms with Gasteiger partial charge >= 0.3 is 0 Å². The minimum atomic E-state index is 0.247. The molecule has 1 aromatic carbocycles. The molecule has 108 valence electrons. The second kappa shape index (κ2) is 6.37. The Morgan fingerprint density at radius 3 is 2.80 bits per heavy atom. The molecular formula is C16H22N2O2. The molecule has 1 unspecified atom stereocenters. The summed E-state index contributed by atoms with van der Waals surface area (Å²) in [5, 5.41) is 3.48. The van der Waals surface area contributed by atoms with Gasteiger partial charge in [0.15, 0.2) is 0 Å². The van der Waals surface area contributed by atoms with E-state index in [1.165, 1.54) is 12.0 Å². The van der Waals surface area contributed by atoms with Crippen LogP contribution in [0.2, 0.25) is 0 Å². The molecule has 1 N–H and O–H groups in total. The van der Waals surface area contributed by atoms with Gasteiger partial charge in [0.05, 0.1) is 6.61 Å². The molecule has 20 heavy (non-hydrogen) atoms. The van der Waals surface area contributed by atoms with Crippen molar-refractivity contribution in [1.29, 1.82) is 0 Å². The number of nitrogens with one attached hydrogen (secondary N) is 1. The second-order valence-electron chi connectivity index (χ2n) is 5.68. The number of ether oxygens (including phenoxy) is 1.